The Labute approximate surface area is 175 Å². The van der Waals surface area contributed by atoms with E-state index in [2.05, 4.69) is 5.32 Å². The van der Waals surface area contributed by atoms with Crippen molar-refractivity contribution in [1.29, 1.82) is 0 Å². The predicted molar refractivity (Wildman–Crippen MR) is 108 cm³/mol. The van der Waals surface area contributed by atoms with Crippen LogP contribution in [0.3, 0.4) is 0 Å². The van der Waals surface area contributed by atoms with Crippen LogP contribution in [0.25, 0.3) is 10.8 Å². The van der Waals surface area contributed by atoms with Crippen molar-refractivity contribution < 1.29 is 9.53 Å². The molecule has 2 aromatic carbocycles. The molecule has 0 saturated carbocycles. The van der Waals surface area contributed by atoms with Gasteiger partial charge in [0.15, 0.2) is 0 Å². The fourth-order valence-electron chi connectivity index (χ4n) is 1.60. The van der Waals surface area contributed by atoms with Crippen molar-refractivity contribution in [3.8, 4) is 5.75 Å². The molecule has 0 fully saturated rings. The minimum absolute atomic E-state index is 0.0648. The van der Waals surface area contributed by atoms with E-state index in [-0.39, 0.29) is 19.0 Å². The van der Waals surface area contributed by atoms with Crippen LogP contribution in [0, 0.1) is 0 Å². The summed E-state index contributed by atoms with van der Waals surface area (Å²) < 4.78 is 4.78. The number of hydrogen-bond donors (Lipinski definition) is 1. The molecule has 0 heterocycles. The van der Waals surface area contributed by atoms with Crippen LogP contribution in [0.15, 0.2) is 61.5 Å². The quantitative estimate of drug-likeness (QED) is 0.476. The molecule has 0 spiro atoms. The third-order valence-electron chi connectivity index (χ3n) is 2.68. The second-order valence-corrected chi connectivity index (χ2v) is 6.92. The van der Waals surface area contributed by atoms with Crippen LogP contribution in [-0.2, 0) is 0 Å². The lowest BCUT2D eigenvalue weighted by Gasteiger charge is -2.06. The zero-order valence-corrected chi connectivity index (χ0v) is 17.2. The monoisotopic (exact) mass is 459 g/mol. The van der Waals surface area contributed by atoms with Crippen molar-refractivity contribution in [1.82, 2.24) is 5.32 Å². The number of nitrogens with one attached hydrogen (secondary N) is 1. The zero-order chi connectivity index (χ0) is 19.0. The van der Waals surface area contributed by atoms with E-state index in [4.69, 9.17) is 74.3 Å². The topological polar surface area (TPSA) is 38.3 Å². The number of halogens is 6. The molecular formula is C16H11Cl6NO2. The average Bonchev–Trinajstić information content (AvgIpc) is 2.61. The standard InChI is InChI=1S/C12H11NO2.C4Cl6/c1-13-12(14)15-11-8-4-6-9-5-2-3-7-10(9)11;5-1(3(7)8)2(6)4(9)10/h2-8H,1H3,(H,13,14);. The Morgan fingerprint density at radius 2 is 1.36 bits per heavy atom. The Balaban J connectivity index is 0.000000275. The van der Waals surface area contributed by atoms with Gasteiger partial charge in [0.25, 0.3) is 0 Å². The first-order valence-electron chi connectivity index (χ1n) is 6.57. The zero-order valence-electron chi connectivity index (χ0n) is 12.6. The summed E-state index contributed by atoms with van der Waals surface area (Å²) in [6.45, 7) is 0. The number of benzene rings is 2. The van der Waals surface area contributed by atoms with Gasteiger partial charge in [-0.2, -0.15) is 0 Å². The molecular weight excluding hydrogens is 451 g/mol. The van der Waals surface area contributed by atoms with Crippen LogP contribution < -0.4 is 10.1 Å². The Kier molecular flexibility index (Phi) is 9.80. The first kappa shape index (κ1) is 22.2. The van der Waals surface area contributed by atoms with Crippen molar-refractivity contribution in [2.24, 2.45) is 0 Å². The van der Waals surface area contributed by atoms with E-state index >= 15 is 0 Å². The first-order valence-corrected chi connectivity index (χ1v) is 8.84. The van der Waals surface area contributed by atoms with Gasteiger partial charge in [0.1, 0.15) is 14.7 Å². The molecule has 0 unspecified atom stereocenters. The highest BCUT2D eigenvalue weighted by Gasteiger charge is 2.07. The fourth-order valence-corrected chi connectivity index (χ4v) is 2.36. The number of carbonyl (C=O) groups is 1. The van der Waals surface area contributed by atoms with Crippen molar-refractivity contribution in [2.75, 3.05) is 7.05 Å². The highest BCUT2D eigenvalue weighted by molar-refractivity contribution is 6.65. The molecule has 134 valence electrons. The smallest absolute Gasteiger partial charge is 0.410 e. The van der Waals surface area contributed by atoms with Crippen LogP contribution in [0.4, 0.5) is 4.79 Å². The number of hydrogen-bond acceptors (Lipinski definition) is 2. The van der Waals surface area contributed by atoms with Crippen LogP contribution in [-0.4, -0.2) is 13.1 Å². The molecule has 1 N–H and O–H groups in total. The minimum atomic E-state index is -0.452. The lowest BCUT2D eigenvalue weighted by molar-refractivity contribution is 0.203. The summed E-state index contributed by atoms with van der Waals surface area (Å²) in [5.41, 5.74) is 0. The summed E-state index contributed by atoms with van der Waals surface area (Å²) in [7, 11) is 1.54. The van der Waals surface area contributed by atoms with Crippen LogP contribution >= 0.6 is 69.6 Å². The molecule has 0 aliphatic heterocycles. The van der Waals surface area contributed by atoms with Gasteiger partial charge in [0, 0.05) is 12.4 Å². The number of amides is 1. The molecule has 0 aromatic heterocycles. The summed E-state index contributed by atoms with van der Waals surface area (Å²) in [5, 5.41) is 4.28. The van der Waals surface area contributed by atoms with E-state index in [0.29, 0.717) is 5.75 Å². The van der Waals surface area contributed by atoms with Crippen LogP contribution in [0.2, 0.25) is 0 Å². The normalized spacial score (nSPS) is 9.56. The Morgan fingerprint density at radius 1 is 0.840 bits per heavy atom. The van der Waals surface area contributed by atoms with Gasteiger partial charge in [-0.25, -0.2) is 4.79 Å². The third-order valence-corrected chi connectivity index (χ3v) is 4.68. The average molecular weight is 462 g/mol. The van der Waals surface area contributed by atoms with E-state index < -0.39 is 6.09 Å². The van der Waals surface area contributed by atoms with Gasteiger partial charge in [-0.3, -0.25) is 0 Å². The number of allylic oxidation sites excluding steroid dienone is 2. The summed E-state index contributed by atoms with van der Waals surface area (Å²) in [6, 6.07) is 13.4. The molecule has 0 aliphatic carbocycles. The molecule has 0 aliphatic rings. The Hall–Kier alpha value is -0.810. The maximum Gasteiger partial charge on any atom is 0.412 e. The SMILES string of the molecule is CNC(=O)Oc1cccc2ccccc12.ClC(Cl)=C(Cl)C(Cl)=C(Cl)Cl. The van der Waals surface area contributed by atoms with Gasteiger partial charge in [0.2, 0.25) is 0 Å². The number of rotatable bonds is 2. The van der Waals surface area contributed by atoms with Crippen LogP contribution in [0.5, 0.6) is 5.75 Å². The lowest BCUT2D eigenvalue weighted by atomic mass is 10.1. The molecule has 25 heavy (non-hydrogen) atoms. The Morgan fingerprint density at radius 3 is 1.88 bits per heavy atom. The fraction of sp³-hybridized carbons (Fsp3) is 0.0625. The Bertz CT molecular complexity index is 784. The molecule has 0 radical (unpaired) electrons. The highest BCUT2D eigenvalue weighted by atomic mass is 35.5. The molecule has 0 saturated heterocycles. The van der Waals surface area contributed by atoms with E-state index in [1.165, 1.54) is 7.05 Å². The van der Waals surface area contributed by atoms with E-state index in [1.54, 1.807) is 6.07 Å². The van der Waals surface area contributed by atoms with Crippen molar-refractivity contribution >= 4 is 86.5 Å². The molecule has 0 bridgehead atoms. The number of ether oxygens (including phenoxy) is 1. The van der Waals surface area contributed by atoms with E-state index in [1.807, 2.05) is 36.4 Å². The largest absolute Gasteiger partial charge is 0.412 e. The molecule has 2 aromatic rings. The van der Waals surface area contributed by atoms with Gasteiger partial charge in [-0.1, -0.05) is 106 Å². The maximum absolute atomic E-state index is 11.1. The lowest BCUT2D eigenvalue weighted by Crippen LogP contribution is -2.22. The molecule has 9 heteroatoms. The summed E-state index contributed by atoms with van der Waals surface area (Å²) >= 11 is 31.8. The second kappa shape index (κ2) is 11.0. The van der Waals surface area contributed by atoms with E-state index in [0.717, 1.165) is 10.8 Å². The molecule has 1 amide bonds. The molecule has 2 rings (SSSR count). The first-order chi connectivity index (χ1) is 11.8. The van der Waals surface area contributed by atoms with E-state index in [9.17, 15) is 4.79 Å². The van der Waals surface area contributed by atoms with Crippen LogP contribution in [0.1, 0.15) is 0 Å². The second-order valence-electron chi connectivity index (χ2n) is 4.27. The summed E-state index contributed by atoms with van der Waals surface area (Å²) in [6.07, 6.45) is -0.452. The highest BCUT2D eigenvalue weighted by Crippen LogP contribution is 2.32. The summed E-state index contributed by atoms with van der Waals surface area (Å²) in [4.78, 5) is 11.1. The van der Waals surface area contributed by atoms with Gasteiger partial charge < -0.3 is 10.1 Å². The number of fused-ring (bicyclic) bond motifs is 1. The van der Waals surface area contributed by atoms with Gasteiger partial charge in [-0.05, 0) is 11.5 Å². The van der Waals surface area contributed by atoms with Crippen molar-refractivity contribution in [2.45, 2.75) is 0 Å². The molecule has 0 atom stereocenters. The maximum atomic E-state index is 11.1. The van der Waals surface area contributed by atoms with Gasteiger partial charge in [0.05, 0.1) is 10.1 Å². The number of carbonyl (C=O) groups excluding carboxylic acids is 1. The van der Waals surface area contributed by atoms with Gasteiger partial charge in [-0.15, -0.1) is 0 Å². The van der Waals surface area contributed by atoms with Crippen molar-refractivity contribution in [3.05, 3.63) is 61.5 Å². The van der Waals surface area contributed by atoms with Gasteiger partial charge >= 0.3 is 6.09 Å². The predicted octanol–water partition coefficient (Wildman–Crippen LogP) is 7.32. The summed E-state index contributed by atoms with van der Waals surface area (Å²) in [5.74, 6) is 0.576. The third kappa shape index (κ3) is 7.14. The minimum Gasteiger partial charge on any atom is -0.410 e. The molecule has 3 nitrogen and oxygen atoms in total. The van der Waals surface area contributed by atoms with Crippen molar-refractivity contribution in [3.63, 3.8) is 0 Å².